The predicted octanol–water partition coefficient (Wildman–Crippen LogP) is 2.84. The third-order valence-electron chi connectivity index (χ3n) is 3.08. The van der Waals surface area contributed by atoms with Crippen molar-refractivity contribution in [3.8, 4) is 23.7 Å². The van der Waals surface area contributed by atoms with Crippen LogP contribution in [-0.2, 0) is 21.6 Å². The first-order valence-electron chi connectivity index (χ1n) is 7.40. The molecule has 0 aromatic heterocycles. The summed E-state index contributed by atoms with van der Waals surface area (Å²) < 4.78 is 0. The quantitative estimate of drug-likeness (QED) is 0.639. The van der Waals surface area contributed by atoms with Crippen molar-refractivity contribution in [1.29, 1.82) is 0 Å². The van der Waals surface area contributed by atoms with Gasteiger partial charge in [-0.15, -0.1) is 0 Å². The van der Waals surface area contributed by atoms with E-state index in [0.717, 1.165) is 11.1 Å². The van der Waals surface area contributed by atoms with E-state index in [0.29, 0.717) is 12.8 Å². The van der Waals surface area contributed by atoms with Gasteiger partial charge in [-0.1, -0.05) is 84.3 Å². The van der Waals surface area contributed by atoms with Gasteiger partial charge in [0.25, 0.3) is 6.79 Å². The average Bonchev–Trinajstić information content (AvgIpc) is 2.67. The van der Waals surface area contributed by atoms with Gasteiger partial charge in [0.05, 0.1) is 0 Å². The van der Waals surface area contributed by atoms with Crippen LogP contribution in [0.15, 0.2) is 60.7 Å². The molecule has 0 aliphatic heterocycles. The van der Waals surface area contributed by atoms with Crippen LogP contribution in [0.1, 0.15) is 36.2 Å². The third-order valence-corrected chi connectivity index (χ3v) is 3.08. The number of aliphatic hydroxyl groups excluding tert-OH is 2. The Morgan fingerprint density at radius 1 is 0.720 bits per heavy atom. The molecule has 2 atom stereocenters. The molecule has 25 heavy (non-hydrogen) atoms. The molecule has 0 saturated carbocycles. The maximum atomic E-state index is 9.86. The summed E-state index contributed by atoms with van der Waals surface area (Å²) in [4.78, 5) is 7.50. The van der Waals surface area contributed by atoms with Gasteiger partial charge in [-0.05, 0) is 11.1 Å². The topological polar surface area (TPSA) is 57.5 Å². The van der Waals surface area contributed by atoms with E-state index in [-0.39, 0.29) is 16.8 Å². The van der Waals surface area contributed by atoms with Crippen LogP contribution in [0.4, 0.5) is 0 Å². The molecule has 0 amide bonds. The summed E-state index contributed by atoms with van der Waals surface area (Å²) in [6.45, 7) is 4.50. The van der Waals surface area contributed by atoms with E-state index in [1.807, 2.05) is 60.7 Å². The van der Waals surface area contributed by atoms with Crippen LogP contribution in [0, 0.1) is 23.7 Å². The first kappa shape index (κ1) is 22.7. The van der Waals surface area contributed by atoms with Gasteiger partial charge in [0.15, 0.2) is 0 Å². The van der Waals surface area contributed by atoms with Crippen molar-refractivity contribution in [3.63, 3.8) is 0 Å². The van der Waals surface area contributed by atoms with Crippen molar-refractivity contribution in [3.05, 3.63) is 71.8 Å². The van der Waals surface area contributed by atoms with E-state index in [1.54, 1.807) is 0 Å². The van der Waals surface area contributed by atoms with Crippen LogP contribution in [-0.4, -0.2) is 17.0 Å². The monoisotopic (exact) mass is 377 g/mol. The number of hydrogen-bond acceptors (Lipinski definition) is 3. The molecule has 0 bridgehead atoms. The molecule has 2 rings (SSSR count). The van der Waals surface area contributed by atoms with E-state index in [9.17, 15) is 10.2 Å². The number of carbonyl (C=O) groups excluding carboxylic acids is 1. The van der Waals surface area contributed by atoms with Crippen LogP contribution < -0.4 is 0 Å². The van der Waals surface area contributed by atoms with Crippen molar-refractivity contribution in [2.24, 2.45) is 0 Å². The number of aliphatic hydroxyl groups is 2. The van der Waals surface area contributed by atoms with Crippen LogP contribution >= 0.6 is 0 Å². The van der Waals surface area contributed by atoms with E-state index in [4.69, 9.17) is 4.79 Å². The van der Waals surface area contributed by atoms with Crippen LogP contribution in [0.5, 0.6) is 0 Å². The molecule has 2 aromatic rings. The molecule has 3 radical (unpaired) electrons. The van der Waals surface area contributed by atoms with Crippen LogP contribution in [0.25, 0.3) is 0 Å². The predicted molar refractivity (Wildman–Crippen MR) is 93.3 cm³/mol. The maximum Gasteiger partial charge on any atom is 0.281 e. The average molecular weight is 377 g/mol. The Morgan fingerprint density at radius 3 is 1.36 bits per heavy atom. The zero-order valence-corrected chi connectivity index (χ0v) is 14.5. The first-order chi connectivity index (χ1) is 11.8. The van der Waals surface area contributed by atoms with Gasteiger partial charge in [0.1, 0.15) is 12.2 Å². The van der Waals surface area contributed by atoms with Gasteiger partial charge in [0, 0.05) is 29.6 Å². The molecule has 0 heterocycles. The van der Waals surface area contributed by atoms with Gasteiger partial charge in [-0.3, -0.25) is 4.79 Å². The summed E-state index contributed by atoms with van der Waals surface area (Å²) in [6.07, 6.45) is -0.385. The molecule has 2 unspecified atom stereocenters. The Labute approximate surface area is 159 Å². The summed E-state index contributed by atoms with van der Waals surface area (Å²) in [5.41, 5.74) is 1.58. The maximum absolute atomic E-state index is 9.86. The first-order valence-corrected chi connectivity index (χ1v) is 7.40. The van der Waals surface area contributed by atoms with Crippen LogP contribution in [0.3, 0.4) is 0 Å². The Hall–Kier alpha value is -2.34. The standard InChI is InChI=1S/C20H18O2.CO.Co/c21-19(17-11-5-3-6-12-17)15-9-1-2-10-16-20(22)18-13-7-4-8-14-18;1-2;/h3-8,11-14,19-22H,1-2H2;;. The number of hydrogen-bond donors (Lipinski definition) is 2. The SMILES string of the molecule is OC(C#CCCC#CC(O)c1ccccc1)c1ccccc1.[C]=O.[Co]. The minimum absolute atomic E-state index is 0. The van der Waals surface area contributed by atoms with Crippen molar-refractivity contribution in [2.45, 2.75) is 25.0 Å². The molecular formula is C21H18CoO3. The number of unbranched alkanes of at least 4 members (excludes halogenated alkanes) is 1. The van der Waals surface area contributed by atoms with Crippen molar-refractivity contribution in [1.82, 2.24) is 0 Å². The molecule has 2 aromatic carbocycles. The van der Waals surface area contributed by atoms with E-state index < -0.39 is 12.2 Å². The molecule has 3 nitrogen and oxygen atoms in total. The van der Waals surface area contributed by atoms with Crippen molar-refractivity contribution < 1.29 is 31.8 Å². The molecule has 2 N–H and O–H groups in total. The fourth-order valence-electron chi connectivity index (χ4n) is 1.90. The molecule has 0 aliphatic rings. The summed E-state index contributed by atoms with van der Waals surface area (Å²) in [6, 6.07) is 18.7. The molecule has 129 valence electrons. The second kappa shape index (κ2) is 14.0. The fraction of sp³-hybridized carbons (Fsp3) is 0.190. The zero-order valence-electron chi connectivity index (χ0n) is 13.5. The normalized spacial score (nSPS) is 11.0. The molecule has 0 aliphatic carbocycles. The Morgan fingerprint density at radius 2 is 1.04 bits per heavy atom. The largest absolute Gasteiger partial charge is 0.376 e. The van der Waals surface area contributed by atoms with E-state index >= 15 is 0 Å². The molecule has 0 saturated heterocycles. The summed E-state index contributed by atoms with van der Waals surface area (Å²) in [7, 11) is 0. The minimum Gasteiger partial charge on any atom is -0.376 e. The molecule has 4 heteroatoms. The summed E-state index contributed by atoms with van der Waals surface area (Å²) in [5.74, 6) is 11.4. The van der Waals surface area contributed by atoms with Gasteiger partial charge in [-0.25, -0.2) is 0 Å². The number of rotatable bonds is 3. The molecular weight excluding hydrogens is 359 g/mol. The Kier molecular flexibility index (Phi) is 12.7. The van der Waals surface area contributed by atoms with Gasteiger partial charge < -0.3 is 10.2 Å². The molecule has 0 fully saturated rings. The van der Waals surface area contributed by atoms with E-state index in [1.165, 1.54) is 0 Å². The van der Waals surface area contributed by atoms with Gasteiger partial charge in [-0.2, -0.15) is 0 Å². The van der Waals surface area contributed by atoms with Crippen LogP contribution in [0.2, 0.25) is 0 Å². The smallest absolute Gasteiger partial charge is 0.281 e. The van der Waals surface area contributed by atoms with E-state index in [2.05, 4.69) is 30.5 Å². The fourth-order valence-corrected chi connectivity index (χ4v) is 1.90. The third kappa shape index (κ3) is 8.90. The second-order valence-corrected chi connectivity index (χ2v) is 4.77. The molecule has 0 spiro atoms. The van der Waals surface area contributed by atoms with Gasteiger partial charge >= 0.3 is 0 Å². The zero-order chi connectivity index (χ0) is 17.6. The second-order valence-electron chi connectivity index (χ2n) is 4.77. The minimum atomic E-state index is -0.760. The Bertz CT molecular complexity index is 645. The summed E-state index contributed by atoms with van der Waals surface area (Å²) >= 11 is 0. The summed E-state index contributed by atoms with van der Waals surface area (Å²) in [5, 5.41) is 19.7. The number of benzene rings is 2. The van der Waals surface area contributed by atoms with Crippen molar-refractivity contribution >= 4 is 6.79 Å². The van der Waals surface area contributed by atoms with Gasteiger partial charge in [0.2, 0.25) is 0 Å². The Balaban J connectivity index is 0.00000185. The van der Waals surface area contributed by atoms with Crippen molar-refractivity contribution in [2.75, 3.05) is 0 Å².